The standard InChI is InChI=1S/C18H23NO2/c1-4-15(19)12-14-5-10-18(13(2)11-14)21-17-8-6-16(20-3)7-9-17/h5-11,15H,4,12,19H2,1-3H3. The third-order valence-corrected chi connectivity index (χ3v) is 3.55. The summed E-state index contributed by atoms with van der Waals surface area (Å²) >= 11 is 0. The highest BCUT2D eigenvalue weighted by atomic mass is 16.5. The molecule has 21 heavy (non-hydrogen) atoms. The zero-order chi connectivity index (χ0) is 15.2. The summed E-state index contributed by atoms with van der Waals surface area (Å²) in [4.78, 5) is 0. The van der Waals surface area contributed by atoms with Gasteiger partial charge in [-0.3, -0.25) is 0 Å². The number of rotatable bonds is 6. The molecule has 0 aliphatic carbocycles. The molecular formula is C18H23NO2. The molecule has 0 radical (unpaired) electrons. The lowest BCUT2D eigenvalue weighted by atomic mass is 10.0. The summed E-state index contributed by atoms with van der Waals surface area (Å²) in [5.74, 6) is 2.49. The van der Waals surface area contributed by atoms with E-state index in [1.165, 1.54) is 5.56 Å². The lowest BCUT2D eigenvalue weighted by Gasteiger charge is -2.13. The average Bonchev–Trinajstić information content (AvgIpc) is 2.50. The van der Waals surface area contributed by atoms with Crippen molar-refractivity contribution in [3.8, 4) is 17.2 Å². The summed E-state index contributed by atoms with van der Waals surface area (Å²) in [7, 11) is 1.65. The van der Waals surface area contributed by atoms with Crippen molar-refractivity contribution in [1.82, 2.24) is 0 Å². The second kappa shape index (κ2) is 7.14. The summed E-state index contributed by atoms with van der Waals surface area (Å²) in [6, 6.07) is 14.0. The van der Waals surface area contributed by atoms with Crippen LogP contribution in [0.25, 0.3) is 0 Å². The van der Waals surface area contributed by atoms with Crippen molar-refractivity contribution in [2.75, 3.05) is 7.11 Å². The molecule has 0 bridgehead atoms. The molecule has 0 aromatic heterocycles. The predicted molar refractivity (Wildman–Crippen MR) is 86.2 cm³/mol. The van der Waals surface area contributed by atoms with Crippen LogP contribution >= 0.6 is 0 Å². The van der Waals surface area contributed by atoms with Crippen LogP contribution in [0.5, 0.6) is 17.2 Å². The molecule has 1 atom stereocenters. The summed E-state index contributed by atoms with van der Waals surface area (Å²) in [6.45, 7) is 4.17. The van der Waals surface area contributed by atoms with Crippen molar-refractivity contribution >= 4 is 0 Å². The Morgan fingerprint density at radius 2 is 1.71 bits per heavy atom. The van der Waals surface area contributed by atoms with Gasteiger partial charge in [-0.25, -0.2) is 0 Å². The van der Waals surface area contributed by atoms with Crippen LogP contribution in [0.15, 0.2) is 42.5 Å². The number of benzene rings is 2. The van der Waals surface area contributed by atoms with Gasteiger partial charge in [0.2, 0.25) is 0 Å². The van der Waals surface area contributed by atoms with Crippen molar-refractivity contribution < 1.29 is 9.47 Å². The molecule has 0 aliphatic heterocycles. The van der Waals surface area contributed by atoms with Crippen LogP contribution in [0, 0.1) is 6.92 Å². The zero-order valence-corrected chi connectivity index (χ0v) is 12.9. The normalized spacial score (nSPS) is 12.0. The first-order chi connectivity index (χ1) is 10.1. The lowest BCUT2D eigenvalue weighted by Crippen LogP contribution is -2.21. The number of hydrogen-bond acceptors (Lipinski definition) is 3. The van der Waals surface area contributed by atoms with E-state index in [2.05, 4.69) is 26.0 Å². The van der Waals surface area contributed by atoms with E-state index in [1.807, 2.05) is 30.3 Å². The second-order valence-electron chi connectivity index (χ2n) is 5.25. The van der Waals surface area contributed by atoms with Crippen LogP contribution in [0.4, 0.5) is 0 Å². The smallest absolute Gasteiger partial charge is 0.130 e. The first kappa shape index (κ1) is 15.4. The summed E-state index contributed by atoms with van der Waals surface area (Å²) in [6.07, 6.45) is 1.89. The van der Waals surface area contributed by atoms with E-state index >= 15 is 0 Å². The Hall–Kier alpha value is -2.00. The fourth-order valence-electron chi connectivity index (χ4n) is 2.17. The first-order valence-corrected chi connectivity index (χ1v) is 7.29. The third kappa shape index (κ3) is 4.23. The summed E-state index contributed by atoms with van der Waals surface area (Å²) in [5, 5.41) is 0. The van der Waals surface area contributed by atoms with Crippen LogP contribution in [-0.2, 0) is 6.42 Å². The Morgan fingerprint density at radius 3 is 2.29 bits per heavy atom. The van der Waals surface area contributed by atoms with E-state index in [0.717, 1.165) is 35.7 Å². The quantitative estimate of drug-likeness (QED) is 0.870. The highest BCUT2D eigenvalue weighted by Crippen LogP contribution is 2.27. The first-order valence-electron chi connectivity index (χ1n) is 7.29. The van der Waals surface area contributed by atoms with Crippen LogP contribution in [-0.4, -0.2) is 13.2 Å². The molecular weight excluding hydrogens is 262 g/mol. The molecule has 0 heterocycles. The lowest BCUT2D eigenvalue weighted by molar-refractivity contribution is 0.412. The third-order valence-electron chi connectivity index (χ3n) is 3.55. The predicted octanol–water partition coefficient (Wildman–Crippen LogP) is 4.08. The molecule has 0 saturated carbocycles. The molecule has 0 fully saturated rings. The minimum atomic E-state index is 0.220. The van der Waals surface area contributed by atoms with Crippen molar-refractivity contribution in [3.63, 3.8) is 0 Å². The van der Waals surface area contributed by atoms with E-state index in [-0.39, 0.29) is 6.04 Å². The number of methoxy groups -OCH3 is 1. The summed E-state index contributed by atoms with van der Waals surface area (Å²) < 4.78 is 11.0. The van der Waals surface area contributed by atoms with E-state index in [0.29, 0.717) is 0 Å². The zero-order valence-electron chi connectivity index (χ0n) is 12.9. The monoisotopic (exact) mass is 285 g/mol. The van der Waals surface area contributed by atoms with E-state index < -0.39 is 0 Å². The Bertz CT molecular complexity index is 578. The molecule has 2 aromatic rings. The topological polar surface area (TPSA) is 44.5 Å². The number of nitrogens with two attached hydrogens (primary N) is 1. The van der Waals surface area contributed by atoms with Gasteiger partial charge in [0.1, 0.15) is 17.2 Å². The molecule has 2 aromatic carbocycles. The SMILES string of the molecule is CCC(N)Cc1ccc(Oc2ccc(OC)cc2)c(C)c1. The van der Waals surface area contributed by atoms with Crippen molar-refractivity contribution in [2.24, 2.45) is 5.73 Å². The van der Waals surface area contributed by atoms with Gasteiger partial charge in [0.05, 0.1) is 7.11 Å². The minimum Gasteiger partial charge on any atom is -0.497 e. The molecule has 3 nitrogen and oxygen atoms in total. The van der Waals surface area contributed by atoms with Gasteiger partial charge in [0.25, 0.3) is 0 Å². The van der Waals surface area contributed by atoms with Gasteiger partial charge in [-0.05, 0) is 61.2 Å². The highest BCUT2D eigenvalue weighted by Gasteiger charge is 2.06. The maximum Gasteiger partial charge on any atom is 0.130 e. The molecule has 0 saturated heterocycles. The van der Waals surface area contributed by atoms with Gasteiger partial charge in [-0.1, -0.05) is 19.1 Å². The van der Waals surface area contributed by atoms with Crippen molar-refractivity contribution in [3.05, 3.63) is 53.6 Å². The average molecular weight is 285 g/mol. The molecule has 0 amide bonds. The van der Waals surface area contributed by atoms with E-state index in [4.69, 9.17) is 15.2 Å². The largest absolute Gasteiger partial charge is 0.497 e. The van der Waals surface area contributed by atoms with Crippen molar-refractivity contribution in [1.29, 1.82) is 0 Å². The second-order valence-corrected chi connectivity index (χ2v) is 5.25. The van der Waals surface area contributed by atoms with Gasteiger partial charge < -0.3 is 15.2 Å². The van der Waals surface area contributed by atoms with Crippen LogP contribution in [0.2, 0.25) is 0 Å². The van der Waals surface area contributed by atoms with Crippen molar-refractivity contribution in [2.45, 2.75) is 32.7 Å². The Labute approximate surface area is 126 Å². The number of hydrogen-bond donors (Lipinski definition) is 1. The van der Waals surface area contributed by atoms with E-state index in [9.17, 15) is 0 Å². The summed E-state index contributed by atoms with van der Waals surface area (Å²) in [5.41, 5.74) is 8.37. The van der Waals surface area contributed by atoms with Crippen LogP contribution in [0.3, 0.4) is 0 Å². The number of aryl methyl sites for hydroxylation is 1. The molecule has 112 valence electrons. The van der Waals surface area contributed by atoms with Gasteiger partial charge in [0, 0.05) is 6.04 Å². The Kier molecular flexibility index (Phi) is 5.23. The Balaban J connectivity index is 2.09. The van der Waals surface area contributed by atoms with Crippen LogP contribution in [0.1, 0.15) is 24.5 Å². The molecule has 0 aliphatic rings. The minimum absolute atomic E-state index is 0.220. The maximum absolute atomic E-state index is 6.00. The highest BCUT2D eigenvalue weighted by molar-refractivity contribution is 5.41. The fraction of sp³-hybridized carbons (Fsp3) is 0.333. The van der Waals surface area contributed by atoms with E-state index in [1.54, 1.807) is 7.11 Å². The molecule has 2 rings (SSSR count). The molecule has 0 spiro atoms. The van der Waals surface area contributed by atoms with Gasteiger partial charge in [-0.2, -0.15) is 0 Å². The Morgan fingerprint density at radius 1 is 1.05 bits per heavy atom. The van der Waals surface area contributed by atoms with Gasteiger partial charge in [-0.15, -0.1) is 0 Å². The fourth-order valence-corrected chi connectivity index (χ4v) is 2.17. The van der Waals surface area contributed by atoms with Gasteiger partial charge >= 0.3 is 0 Å². The van der Waals surface area contributed by atoms with Crippen LogP contribution < -0.4 is 15.2 Å². The molecule has 3 heteroatoms. The van der Waals surface area contributed by atoms with Gasteiger partial charge in [0.15, 0.2) is 0 Å². The molecule has 1 unspecified atom stereocenters. The molecule has 2 N–H and O–H groups in total. The maximum atomic E-state index is 6.00. The number of ether oxygens (including phenoxy) is 2.